The summed E-state index contributed by atoms with van der Waals surface area (Å²) in [6.45, 7) is 6.44. The molecule has 0 spiro atoms. The van der Waals surface area contributed by atoms with Crippen molar-refractivity contribution in [3.8, 4) is 0 Å². The van der Waals surface area contributed by atoms with Gasteiger partial charge in [-0.15, -0.1) is 0 Å². The van der Waals surface area contributed by atoms with Crippen molar-refractivity contribution in [1.29, 1.82) is 0 Å². The van der Waals surface area contributed by atoms with Crippen molar-refractivity contribution in [2.45, 2.75) is 33.6 Å². The minimum atomic E-state index is 0.731. The van der Waals surface area contributed by atoms with E-state index in [2.05, 4.69) is 23.8 Å². The molecule has 0 aliphatic heterocycles. The van der Waals surface area contributed by atoms with Crippen LogP contribution in [0.3, 0.4) is 0 Å². The van der Waals surface area contributed by atoms with Gasteiger partial charge in [0.25, 0.3) is 0 Å². The average molecular weight is 164 g/mol. The third-order valence-electron chi connectivity index (χ3n) is 1.78. The average Bonchev–Trinajstić information content (AvgIpc) is 2.03. The number of hydrogen-bond acceptors (Lipinski definition) is 2. The summed E-state index contributed by atoms with van der Waals surface area (Å²) in [4.78, 5) is 8.48. The minimum absolute atomic E-state index is 0.731. The quantitative estimate of drug-likeness (QED) is 0.685. The standard InChI is InChI=1S/C10H16N2/c1-8(2)4-5-10-11-6-9(3)7-12-10/h6-8H,4-5H2,1-3H3. The Kier molecular flexibility index (Phi) is 3.20. The van der Waals surface area contributed by atoms with E-state index in [4.69, 9.17) is 0 Å². The predicted octanol–water partition coefficient (Wildman–Crippen LogP) is 2.37. The lowest BCUT2D eigenvalue weighted by Crippen LogP contribution is -1.97. The molecule has 0 amide bonds. The second-order valence-electron chi connectivity index (χ2n) is 3.61. The van der Waals surface area contributed by atoms with E-state index < -0.39 is 0 Å². The van der Waals surface area contributed by atoms with E-state index >= 15 is 0 Å². The highest BCUT2D eigenvalue weighted by atomic mass is 14.9. The van der Waals surface area contributed by atoms with Crippen molar-refractivity contribution in [3.63, 3.8) is 0 Å². The van der Waals surface area contributed by atoms with Crippen molar-refractivity contribution in [2.24, 2.45) is 5.92 Å². The fourth-order valence-electron chi connectivity index (χ4n) is 0.966. The molecule has 0 aliphatic rings. The van der Waals surface area contributed by atoms with Crippen LogP contribution in [0.1, 0.15) is 31.7 Å². The number of aromatic nitrogens is 2. The van der Waals surface area contributed by atoms with E-state index in [-0.39, 0.29) is 0 Å². The van der Waals surface area contributed by atoms with Crippen LogP contribution < -0.4 is 0 Å². The van der Waals surface area contributed by atoms with Crippen molar-refractivity contribution in [2.75, 3.05) is 0 Å². The molecule has 2 nitrogen and oxygen atoms in total. The van der Waals surface area contributed by atoms with Crippen LogP contribution >= 0.6 is 0 Å². The van der Waals surface area contributed by atoms with E-state index in [0.717, 1.165) is 23.7 Å². The summed E-state index contributed by atoms with van der Waals surface area (Å²) in [6, 6.07) is 0. The maximum absolute atomic E-state index is 4.24. The van der Waals surface area contributed by atoms with Gasteiger partial charge < -0.3 is 0 Å². The topological polar surface area (TPSA) is 25.8 Å². The Balaban J connectivity index is 2.48. The van der Waals surface area contributed by atoms with Gasteiger partial charge in [0.15, 0.2) is 0 Å². The molecule has 0 radical (unpaired) electrons. The Labute approximate surface area is 74.1 Å². The van der Waals surface area contributed by atoms with E-state index in [1.807, 2.05) is 19.3 Å². The zero-order chi connectivity index (χ0) is 8.97. The van der Waals surface area contributed by atoms with E-state index in [9.17, 15) is 0 Å². The summed E-state index contributed by atoms with van der Waals surface area (Å²) >= 11 is 0. The van der Waals surface area contributed by atoms with Crippen molar-refractivity contribution < 1.29 is 0 Å². The molecule has 0 saturated carbocycles. The molecule has 0 N–H and O–H groups in total. The summed E-state index contributed by atoms with van der Waals surface area (Å²) in [5.41, 5.74) is 1.13. The molecule has 1 aromatic rings. The first-order chi connectivity index (χ1) is 5.68. The van der Waals surface area contributed by atoms with Gasteiger partial charge in [-0.3, -0.25) is 0 Å². The van der Waals surface area contributed by atoms with Gasteiger partial charge in [-0.2, -0.15) is 0 Å². The lowest BCUT2D eigenvalue weighted by Gasteiger charge is -2.02. The third-order valence-corrected chi connectivity index (χ3v) is 1.78. The second-order valence-corrected chi connectivity index (χ2v) is 3.61. The van der Waals surface area contributed by atoms with Gasteiger partial charge in [0.2, 0.25) is 0 Å². The Morgan fingerprint density at radius 1 is 1.25 bits per heavy atom. The molecule has 1 aromatic heterocycles. The molecule has 0 aromatic carbocycles. The van der Waals surface area contributed by atoms with Crippen molar-refractivity contribution >= 4 is 0 Å². The zero-order valence-corrected chi connectivity index (χ0v) is 8.04. The van der Waals surface area contributed by atoms with Crippen LogP contribution in [0.4, 0.5) is 0 Å². The SMILES string of the molecule is Cc1cnc(CCC(C)C)nc1. The van der Waals surface area contributed by atoms with E-state index in [1.165, 1.54) is 6.42 Å². The van der Waals surface area contributed by atoms with Crippen LogP contribution in [-0.2, 0) is 6.42 Å². The van der Waals surface area contributed by atoms with Gasteiger partial charge >= 0.3 is 0 Å². The molecule has 0 fully saturated rings. The number of aryl methyl sites for hydroxylation is 2. The molecule has 12 heavy (non-hydrogen) atoms. The van der Waals surface area contributed by atoms with Crippen LogP contribution in [-0.4, -0.2) is 9.97 Å². The largest absolute Gasteiger partial charge is 0.241 e. The maximum atomic E-state index is 4.24. The van der Waals surface area contributed by atoms with Crippen LogP contribution in [0.25, 0.3) is 0 Å². The number of hydrogen-bond donors (Lipinski definition) is 0. The molecular weight excluding hydrogens is 148 g/mol. The molecule has 0 bridgehead atoms. The molecular formula is C10H16N2. The third kappa shape index (κ3) is 2.99. The summed E-state index contributed by atoms with van der Waals surface area (Å²) in [5.74, 6) is 1.70. The smallest absolute Gasteiger partial charge is 0.128 e. The molecule has 0 atom stereocenters. The van der Waals surface area contributed by atoms with Crippen LogP contribution in [0.2, 0.25) is 0 Å². The summed E-state index contributed by atoms with van der Waals surface area (Å²) in [6.07, 6.45) is 5.92. The Morgan fingerprint density at radius 3 is 2.33 bits per heavy atom. The van der Waals surface area contributed by atoms with Gasteiger partial charge in [-0.05, 0) is 24.8 Å². The van der Waals surface area contributed by atoms with Crippen molar-refractivity contribution in [3.05, 3.63) is 23.8 Å². The summed E-state index contributed by atoms with van der Waals surface area (Å²) < 4.78 is 0. The number of rotatable bonds is 3. The van der Waals surface area contributed by atoms with Gasteiger partial charge in [-0.25, -0.2) is 9.97 Å². The summed E-state index contributed by atoms with van der Waals surface area (Å²) in [7, 11) is 0. The molecule has 66 valence electrons. The Morgan fingerprint density at radius 2 is 1.83 bits per heavy atom. The monoisotopic (exact) mass is 164 g/mol. The fraction of sp³-hybridized carbons (Fsp3) is 0.600. The highest BCUT2D eigenvalue weighted by Crippen LogP contribution is 2.04. The second kappa shape index (κ2) is 4.19. The predicted molar refractivity (Wildman–Crippen MR) is 49.9 cm³/mol. The van der Waals surface area contributed by atoms with Gasteiger partial charge in [0, 0.05) is 18.8 Å². The highest BCUT2D eigenvalue weighted by molar-refractivity contribution is 5.01. The lowest BCUT2D eigenvalue weighted by molar-refractivity contribution is 0.574. The van der Waals surface area contributed by atoms with Crippen LogP contribution in [0, 0.1) is 12.8 Å². The molecule has 0 unspecified atom stereocenters. The summed E-state index contributed by atoms with van der Waals surface area (Å²) in [5, 5.41) is 0. The van der Waals surface area contributed by atoms with E-state index in [0.29, 0.717) is 0 Å². The maximum Gasteiger partial charge on any atom is 0.128 e. The molecule has 0 saturated heterocycles. The molecule has 2 heteroatoms. The van der Waals surface area contributed by atoms with Crippen LogP contribution in [0.15, 0.2) is 12.4 Å². The van der Waals surface area contributed by atoms with Crippen LogP contribution in [0.5, 0.6) is 0 Å². The molecule has 1 heterocycles. The first kappa shape index (κ1) is 9.17. The first-order valence-electron chi connectivity index (χ1n) is 4.46. The molecule has 1 rings (SSSR count). The minimum Gasteiger partial charge on any atom is -0.241 e. The van der Waals surface area contributed by atoms with Gasteiger partial charge in [0.05, 0.1) is 0 Å². The lowest BCUT2D eigenvalue weighted by atomic mass is 10.1. The Hall–Kier alpha value is -0.920. The number of nitrogens with zero attached hydrogens (tertiary/aromatic N) is 2. The highest BCUT2D eigenvalue weighted by Gasteiger charge is 1.98. The first-order valence-corrected chi connectivity index (χ1v) is 4.46. The van der Waals surface area contributed by atoms with E-state index in [1.54, 1.807) is 0 Å². The fourth-order valence-corrected chi connectivity index (χ4v) is 0.966. The van der Waals surface area contributed by atoms with Gasteiger partial charge in [0.1, 0.15) is 5.82 Å². The normalized spacial score (nSPS) is 10.7. The van der Waals surface area contributed by atoms with Crippen molar-refractivity contribution in [1.82, 2.24) is 9.97 Å². The Bertz CT molecular complexity index is 226. The van der Waals surface area contributed by atoms with Gasteiger partial charge in [-0.1, -0.05) is 13.8 Å². The zero-order valence-electron chi connectivity index (χ0n) is 8.04. The molecule has 0 aliphatic carbocycles.